The Kier molecular flexibility index (Phi) is 6.15. The second-order valence-corrected chi connectivity index (χ2v) is 9.29. The zero-order valence-electron chi connectivity index (χ0n) is 15.6. The lowest BCUT2D eigenvalue weighted by Gasteiger charge is -2.34. The lowest BCUT2D eigenvalue weighted by molar-refractivity contribution is -0.917. The van der Waals surface area contributed by atoms with Crippen LogP contribution in [0.25, 0.3) is 0 Å². The first-order valence-corrected chi connectivity index (χ1v) is 11.0. The number of nitriles is 1. The van der Waals surface area contributed by atoms with E-state index in [9.17, 15) is 18.5 Å². The molecule has 0 spiro atoms. The van der Waals surface area contributed by atoms with E-state index in [0.717, 1.165) is 17.7 Å². The fourth-order valence-electron chi connectivity index (χ4n) is 3.95. The van der Waals surface area contributed by atoms with Crippen LogP contribution in [-0.2, 0) is 14.8 Å². The minimum atomic E-state index is -3.70. The first kappa shape index (κ1) is 19.8. The van der Waals surface area contributed by atoms with Crippen molar-refractivity contribution in [2.24, 2.45) is 0 Å². The molecule has 1 aromatic rings. The van der Waals surface area contributed by atoms with Gasteiger partial charge in [0.15, 0.2) is 6.04 Å². The van der Waals surface area contributed by atoms with Crippen LogP contribution >= 0.6 is 0 Å². The fourth-order valence-corrected chi connectivity index (χ4v) is 5.54. The van der Waals surface area contributed by atoms with Crippen LogP contribution in [0.1, 0.15) is 38.2 Å². The number of nitrogens with one attached hydrogen (secondary N) is 2. The number of hydrogen-bond donors (Lipinski definition) is 2. The molecule has 1 aliphatic heterocycles. The SMILES string of the molecule is C[C@@H](C(=O)NC1CCCC1)[NH+]1CCN(S(=O)(=O)c2ccccc2C#N)CC1. The van der Waals surface area contributed by atoms with E-state index in [1.807, 2.05) is 13.0 Å². The molecule has 0 bridgehead atoms. The minimum Gasteiger partial charge on any atom is -0.348 e. The first-order chi connectivity index (χ1) is 12.9. The number of quaternary nitrogens is 1. The molecule has 0 radical (unpaired) electrons. The van der Waals surface area contributed by atoms with Crippen LogP contribution in [0.3, 0.4) is 0 Å². The average Bonchev–Trinajstić information content (AvgIpc) is 3.20. The third-order valence-electron chi connectivity index (χ3n) is 5.70. The normalized spacial score (nSPS) is 20.9. The molecule has 1 heterocycles. The van der Waals surface area contributed by atoms with Gasteiger partial charge in [0, 0.05) is 6.04 Å². The molecule has 0 unspecified atom stereocenters. The highest BCUT2D eigenvalue weighted by atomic mass is 32.2. The third-order valence-corrected chi connectivity index (χ3v) is 7.65. The van der Waals surface area contributed by atoms with Gasteiger partial charge in [0.25, 0.3) is 5.91 Å². The van der Waals surface area contributed by atoms with E-state index in [0.29, 0.717) is 32.2 Å². The molecular weight excluding hydrogens is 364 g/mol. The van der Waals surface area contributed by atoms with Crippen molar-refractivity contribution < 1.29 is 18.1 Å². The highest BCUT2D eigenvalue weighted by Gasteiger charge is 2.35. The van der Waals surface area contributed by atoms with E-state index in [-0.39, 0.29) is 22.4 Å². The summed E-state index contributed by atoms with van der Waals surface area (Å²) >= 11 is 0. The molecule has 1 saturated heterocycles. The topological polar surface area (TPSA) is 94.7 Å². The zero-order chi connectivity index (χ0) is 19.4. The van der Waals surface area contributed by atoms with Gasteiger partial charge in [-0.3, -0.25) is 4.79 Å². The van der Waals surface area contributed by atoms with Gasteiger partial charge in [0.1, 0.15) is 6.07 Å². The van der Waals surface area contributed by atoms with Gasteiger partial charge in [-0.15, -0.1) is 0 Å². The lowest BCUT2D eigenvalue weighted by atomic mass is 10.2. The molecule has 1 atom stereocenters. The first-order valence-electron chi connectivity index (χ1n) is 9.57. The number of rotatable bonds is 5. The summed E-state index contributed by atoms with van der Waals surface area (Å²) in [6.45, 7) is 3.76. The lowest BCUT2D eigenvalue weighted by Crippen LogP contribution is -3.19. The number of nitrogens with zero attached hydrogens (tertiary/aromatic N) is 2. The maximum atomic E-state index is 12.9. The second kappa shape index (κ2) is 8.38. The van der Waals surface area contributed by atoms with Gasteiger partial charge >= 0.3 is 0 Å². The highest BCUT2D eigenvalue weighted by Crippen LogP contribution is 2.20. The molecule has 0 aromatic heterocycles. The van der Waals surface area contributed by atoms with E-state index < -0.39 is 10.0 Å². The average molecular weight is 392 g/mol. The van der Waals surface area contributed by atoms with Gasteiger partial charge in [-0.1, -0.05) is 25.0 Å². The summed E-state index contributed by atoms with van der Waals surface area (Å²) in [5.41, 5.74) is 0.164. The van der Waals surface area contributed by atoms with Crippen LogP contribution in [0.2, 0.25) is 0 Å². The Hall–Kier alpha value is -1.95. The van der Waals surface area contributed by atoms with E-state index in [1.54, 1.807) is 12.1 Å². The largest absolute Gasteiger partial charge is 0.348 e. The third kappa shape index (κ3) is 4.32. The summed E-state index contributed by atoms with van der Waals surface area (Å²) in [5, 5.41) is 12.3. The predicted molar refractivity (Wildman–Crippen MR) is 100 cm³/mol. The van der Waals surface area contributed by atoms with Crippen molar-refractivity contribution >= 4 is 15.9 Å². The van der Waals surface area contributed by atoms with Crippen LogP contribution < -0.4 is 10.2 Å². The Morgan fingerprint density at radius 3 is 2.52 bits per heavy atom. The molecule has 27 heavy (non-hydrogen) atoms. The molecule has 1 saturated carbocycles. The van der Waals surface area contributed by atoms with Gasteiger partial charge in [-0.2, -0.15) is 9.57 Å². The summed E-state index contributed by atoms with van der Waals surface area (Å²) in [6, 6.07) is 8.34. The van der Waals surface area contributed by atoms with Crippen molar-refractivity contribution in [2.45, 2.75) is 49.6 Å². The number of piperazine rings is 1. The molecular formula is C19H27N4O3S+. The molecule has 2 N–H and O–H groups in total. The minimum absolute atomic E-state index is 0.0583. The van der Waals surface area contributed by atoms with Crippen molar-refractivity contribution in [3.63, 3.8) is 0 Å². The Morgan fingerprint density at radius 2 is 1.89 bits per heavy atom. The second-order valence-electron chi connectivity index (χ2n) is 7.38. The van der Waals surface area contributed by atoms with Crippen molar-refractivity contribution in [1.82, 2.24) is 9.62 Å². The summed E-state index contributed by atoms with van der Waals surface area (Å²) < 4.78 is 27.2. The molecule has 1 aromatic carbocycles. The molecule has 1 amide bonds. The number of amides is 1. The molecule has 146 valence electrons. The highest BCUT2D eigenvalue weighted by molar-refractivity contribution is 7.89. The van der Waals surface area contributed by atoms with Crippen molar-refractivity contribution in [3.8, 4) is 6.07 Å². The maximum Gasteiger partial charge on any atom is 0.278 e. The van der Waals surface area contributed by atoms with E-state index in [4.69, 9.17) is 0 Å². The molecule has 1 aliphatic carbocycles. The zero-order valence-corrected chi connectivity index (χ0v) is 16.5. The fraction of sp³-hybridized carbons (Fsp3) is 0.579. The van der Waals surface area contributed by atoms with Crippen LogP contribution in [0, 0.1) is 11.3 Å². The monoisotopic (exact) mass is 391 g/mol. The Balaban J connectivity index is 1.61. The number of carbonyl (C=O) groups is 1. The number of benzene rings is 1. The summed E-state index contributed by atoms with van der Waals surface area (Å²) in [6.07, 6.45) is 4.45. The van der Waals surface area contributed by atoms with Crippen LogP contribution in [0.4, 0.5) is 0 Å². The van der Waals surface area contributed by atoms with Gasteiger partial charge in [-0.05, 0) is 31.9 Å². The number of carbonyl (C=O) groups excluding carboxylic acids is 1. The van der Waals surface area contributed by atoms with Crippen LogP contribution in [-0.4, -0.2) is 56.9 Å². The Morgan fingerprint density at radius 1 is 1.26 bits per heavy atom. The van der Waals surface area contributed by atoms with Crippen LogP contribution in [0.15, 0.2) is 29.2 Å². The van der Waals surface area contributed by atoms with Gasteiger partial charge in [0.2, 0.25) is 10.0 Å². The Labute approximate surface area is 161 Å². The quantitative estimate of drug-likeness (QED) is 0.733. The van der Waals surface area contributed by atoms with E-state index in [1.165, 1.54) is 29.3 Å². The number of hydrogen-bond acceptors (Lipinski definition) is 4. The molecule has 2 aliphatic rings. The predicted octanol–water partition coefficient (Wildman–Crippen LogP) is -0.105. The van der Waals surface area contributed by atoms with Gasteiger partial charge in [-0.25, -0.2) is 8.42 Å². The van der Waals surface area contributed by atoms with Crippen molar-refractivity contribution in [3.05, 3.63) is 29.8 Å². The summed E-state index contributed by atoms with van der Waals surface area (Å²) in [5.74, 6) is 0.0584. The van der Waals surface area contributed by atoms with Crippen molar-refractivity contribution in [1.29, 1.82) is 5.26 Å². The molecule has 8 heteroatoms. The number of sulfonamides is 1. The molecule has 2 fully saturated rings. The molecule has 7 nitrogen and oxygen atoms in total. The van der Waals surface area contributed by atoms with Gasteiger partial charge < -0.3 is 10.2 Å². The van der Waals surface area contributed by atoms with E-state index >= 15 is 0 Å². The summed E-state index contributed by atoms with van der Waals surface area (Å²) in [4.78, 5) is 13.6. The standard InChI is InChI=1S/C19H26N4O3S/c1-15(19(24)21-17-7-3-4-8-17)22-10-12-23(13-11-22)27(25,26)18-9-5-2-6-16(18)14-20/h2,5-6,9,15,17H,3-4,7-8,10-13H2,1H3,(H,21,24)/p+1/t15-/m0/s1. The van der Waals surface area contributed by atoms with E-state index in [2.05, 4.69) is 5.32 Å². The van der Waals surface area contributed by atoms with Crippen molar-refractivity contribution in [2.75, 3.05) is 26.2 Å². The smallest absolute Gasteiger partial charge is 0.278 e. The maximum absolute atomic E-state index is 12.9. The Bertz CT molecular complexity index is 820. The molecule has 3 rings (SSSR count). The van der Waals surface area contributed by atoms with Gasteiger partial charge in [0.05, 0.1) is 36.6 Å². The summed E-state index contributed by atoms with van der Waals surface area (Å²) in [7, 11) is -3.70. The van der Waals surface area contributed by atoms with Crippen LogP contribution in [0.5, 0.6) is 0 Å².